The second-order valence-corrected chi connectivity index (χ2v) is 7.82. The van der Waals surface area contributed by atoms with Gasteiger partial charge in [-0.3, -0.25) is 4.55 Å². The summed E-state index contributed by atoms with van der Waals surface area (Å²) in [5, 5.41) is 3.13. The van der Waals surface area contributed by atoms with Gasteiger partial charge in [-0.2, -0.15) is 18.4 Å². The van der Waals surface area contributed by atoms with Gasteiger partial charge in [0.1, 0.15) is 10.7 Å². The Hall–Kier alpha value is -2.18. The smallest absolute Gasteiger partial charge is 0.297 e. The molecule has 0 aliphatic heterocycles. The van der Waals surface area contributed by atoms with Crippen LogP contribution in [0, 0.1) is 6.92 Å². The molecule has 0 spiro atoms. The number of hydrogen-bond acceptors (Lipinski definition) is 7. The summed E-state index contributed by atoms with van der Waals surface area (Å²) >= 11 is 3.54. The molecule has 3 N–H and O–H groups in total. The van der Waals surface area contributed by atoms with E-state index >= 15 is 0 Å². The molecule has 0 saturated heterocycles. The molecule has 1 aromatic heterocycles. The summed E-state index contributed by atoms with van der Waals surface area (Å²) in [6, 6.07) is 6.88. The molecule has 2 aromatic carbocycles. The zero-order chi connectivity index (χ0) is 19.1. The average Bonchev–Trinajstić information content (AvgIpc) is 2.51. The van der Waals surface area contributed by atoms with Gasteiger partial charge < -0.3 is 9.87 Å². The van der Waals surface area contributed by atoms with Crippen molar-refractivity contribution in [3.8, 4) is 0 Å². The monoisotopic (exact) mass is 414 g/mol. The molecule has 3 rings (SSSR count). The van der Waals surface area contributed by atoms with Crippen LogP contribution < -0.4 is 5.32 Å². The molecule has 0 aliphatic rings. The first-order valence-electron chi connectivity index (χ1n) is 6.95. The molecule has 3 aromatic rings. The Morgan fingerprint density at radius 2 is 1.88 bits per heavy atom. The Morgan fingerprint density at radius 1 is 1.15 bits per heavy atom. The van der Waals surface area contributed by atoms with E-state index in [1.807, 2.05) is 0 Å². The second-order valence-electron chi connectivity index (χ2n) is 5.15. The minimum absolute atomic E-state index is 0.000156. The maximum Gasteiger partial charge on any atom is 0.297 e. The Kier molecular flexibility index (Phi) is 4.90. The van der Waals surface area contributed by atoms with E-state index in [4.69, 9.17) is 11.6 Å². The van der Waals surface area contributed by atoms with Gasteiger partial charge in [-0.15, -0.1) is 0 Å². The van der Waals surface area contributed by atoms with E-state index in [0.29, 0.717) is 11.2 Å². The predicted molar refractivity (Wildman–Crippen MR) is 95.7 cm³/mol. The van der Waals surface area contributed by atoms with Crippen molar-refractivity contribution in [2.75, 3.05) is 5.32 Å². The van der Waals surface area contributed by atoms with E-state index in [-0.39, 0.29) is 27.2 Å². The van der Waals surface area contributed by atoms with E-state index in [1.54, 1.807) is 6.92 Å². The third-order valence-electron chi connectivity index (χ3n) is 3.37. The molecule has 0 fully saturated rings. The number of fused-ring (bicyclic) bond motifs is 1. The highest BCUT2D eigenvalue weighted by atomic mass is 35.5. The summed E-state index contributed by atoms with van der Waals surface area (Å²) in [7, 11) is -4.64. The van der Waals surface area contributed by atoms with Crippen molar-refractivity contribution in [2.24, 2.45) is 0 Å². The van der Waals surface area contributed by atoms with Gasteiger partial charge in [-0.05, 0) is 42.1 Å². The highest BCUT2D eigenvalue weighted by molar-refractivity contribution is 7.86. The zero-order valence-corrected chi connectivity index (χ0v) is 15.4. The molecule has 26 heavy (non-hydrogen) atoms. The van der Waals surface area contributed by atoms with Crippen molar-refractivity contribution in [3.63, 3.8) is 0 Å². The Morgan fingerprint density at radius 3 is 2.50 bits per heavy atom. The Bertz CT molecular complexity index is 1130. The third-order valence-corrected chi connectivity index (χ3v) is 5.15. The van der Waals surface area contributed by atoms with Crippen LogP contribution in [0.1, 0.15) is 5.82 Å². The molecule has 0 amide bonds. The number of nitrogens with zero attached hydrogens (tertiary/aromatic N) is 3. The molecule has 12 heteroatoms. The van der Waals surface area contributed by atoms with Crippen LogP contribution in [-0.4, -0.2) is 36.7 Å². The molecule has 1 atom stereocenters. The van der Waals surface area contributed by atoms with Gasteiger partial charge in [-0.25, -0.2) is 9.19 Å². The minimum atomic E-state index is -4.64. The largest absolute Gasteiger partial charge is 0.323 e. The first-order chi connectivity index (χ1) is 12.1. The van der Waals surface area contributed by atoms with Crippen LogP contribution in [0.3, 0.4) is 0 Å². The molecule has 0 saturated carbocycles. The lowest BCUT2D eigenvalue weighted by atomic mass is 10.1. The van der Waals surface area contributed by atoms with Crippen LogP contribution in [0.15, 0.2) is 40.1 Å². The van der Waals surface area contributed by atoms with Crippen LogP contribution >= 0.6 is 11.6 Å². The van der Waals surface area contributed by atoms with Gasteiger partial charge in [0.25, 0.3) is 10.1 Å². The molecule has 0 radical (unpaired) electrons. The maximum atomic E-state index is 11.9. The quantitative estimate of drug-likeness (QED) is 0.433. The van der Waals surface area contributed by atoms with Crippen molar-refractivity contribution >= 4 is 55.2 Å². The number of aryl methyl sites for hydroxylation is 1. The van der Waals surface area contributed by atoms with Gasteiger partial charge in [0.15, 0.2) is 11.1 Å². The fraction of sp³-hybridized carbons (Fsp3) is 0.0714. The lowest BCUT2D eigenvalue weighted by Crippen LogP contribution is -2.07. The summed E-state index contributed by atoms with van der Waals surface area (Å²) in [4.78, 5) is 11.3. The van der Waals surface area contributed by atoms with Gasteiger partial charge in [0.05, 0.1) is 10.6 Å². The van der Waals surface area contributed by atoms with Crippen LogP contribution in [0.4, 0.5) is 11.6 Å². The van der Waals surface area contributed by atoms with Crippen molar-refractivity contribution in [1.29, 1.82) is 0 Å². The van der Waals surface area contributed by atoms with Crippen LogP contribution in [0.5, 0.6) is 0 Å². The first-order valence-corrected chi connectivity index (χ1v) is 9.88. The Balaban J connectivity index is 2.22. The maximum absolute atomic E-state index is 11.9. The lowest BCUT2D eigenvalue weighted by molar-refractivity contribution is 0.484. The summed E-state index contributed by atoms with van der Waals surface area (Å²) < 4.78 is 53.9. The Labute approximate surface area is 155 Å². The first kappa shape index (κ1) is 18.6. The van der Waals surface area contributed by atoms with E-state index < -0.39 is 26.1 Å². The minimum Gasteiger partial charge on any atom is -0.323 e. The third kappa shape index (κ3) is 3.81. The zero-order valence-electron chi connectivity index (χ0n) is 13.0. The summed E-state index contributed by atoms with van der Waals surface area (Å²) in [5.41, 5.74) is 0.0135. The fourth-order valence-corrected chi connectivity index (χ4v) is 3.87. The number of rotatable bonds is 4. The summed E-state index contributed by atoms with van der Waals surface area (Å²) in [5.74, 6) is 0.316. The van der Waals surface area contributed by atoms with Crippen molar-refractivity contribution in [3.05, 3.63) is 41.4 Å². The number of aromatic nitrogens is 3. The molecule has 1 heterocycles. The number of hydrogen-bond donors (Lipinski definition) is 3. The summed E-state index contributed by atoms with van der Waals surface area (Å²) in [6.07, 6.45) is 0. The van der Waals surface area contributed by atoms with E-state index in [0.717, 1.165) is 0 Å². The predicted octanol–water partition coefficient (Wildman–Crippen LogP) is 2.56. The molecule has 0 bridgehead atoms. The van der Waals surface area contributed by atoms with Crippen molar-refractivity contribution < 1.29 is 21.7 Å². The van der Waals surface area contributed by atoms with Gasteiger partial charge in [0.2, 0.25) is 11.2 Å². The number of anilines is 2. The van der Waals surface area contributed by atoms with Gasteiger partial charge in [0, 0.05) is 5.39 Å². The molecular formula is C14H11ClN4O5S2. The highest BCUT2D eigenvalue weighted by Gasteiger charge is 2.21. The van der Waals surface area contributed by atoms with E-state index in [1.165, 1.54) is 30.3 Å². The van der Waals surface area contributed by atoms with Crippen molar-refractivity contribution in [2.45, 2.75) is 16.7 Å². The standard InChI is InChI=1S/C14H11ClN4O5S2/c1-7-16-13(15)19-14(17-7)18-11-5-2-8-6-9(25(20)21)3-4-10(8)12(11)26(22,23)24/h2-6H,1H3,(H,20,21)(H,22,23,24)(H,16,17,18,19). The molecular weight excluding hydrogens is 404 g/mol. The molecule has 136 valence electrons. The highest BCUT2D eigenvalue weighted by Crippen LogP contribution is 2.32. The molecule has 9 nitrogen and oxygen atoms in total. The van der Waals surface area contributed by atoms with E-state index in [9.17, 15) is 21.7 Å². The van der Waals surface area contributed by atoms with Gasteiger partial charge in [-0.1, -0.05) is 12.1 Å². The van der Waals surface area contributed by atoms with Gasteiger partial charge >= 0.3 is 0 Å². The number of halogens is 1. The average molecular weight is 415 g/mol. The van der Waals surface area contributed by atoms with Crippen LogP contribution in [0.25, 0.3) is 10.8 Å². The summed E-state index contributed by atoms with van der Waals surface area (Å²) in [6.45, 7) is 1.58. The normalized spacial score (nSPS) is 12.9. The van der Waals surface area contributed by atoms with E-state index in [2.05, 4.69) is 20.3 Å². The molecule has 1 unspecified atom stereocenters. The van der Waals surface area contributed by atoms with Crippen LogP contribution in [-0.2, 0) is 21.2 Å². The lowest BCUT2D eigenvalue weighted by Gasteiger charge is -2.12. The number of nitrogens with one attached hydrogen (secondary N) is 1. The topological polar surface area (TPSA) is 142 Å². The van der Waals surface area contributed by atoms with Crippen LogP contribution in [0.2, 0.25) is 5.28 Å². The van der Waals surface area contributed by atoms with Crippen molar-refractivity contribution in [1.82, 2.24) is 15.0 Å². The number of benzene rings is 2. The SMILES string of the molecule is Cc1nc(Cl)nc(Nc2ccc3cc(S(=O)O)ccc3c2S(=O)(=O)O)n1. The second kappa shape index (κ2) is 6.85. The fourth-order valence-electron chi connectivity index (χ4n) is 2.39. The molecule has 0 aliphatic carbocycles.